The number of esters is 1. The first kappa shape index (κ1) is 15.7. The maximum absolute atomic E-state index is 12.3. The van der Waals surface area contributed by atoms with Crippen LogP contribution in [0.3, 0.4) is 0 Å². The summed E-state index contributed by atoms with van der Waals surface area (Å²) in [5.41, 5.74) is 3.52. The standard InChI is InChI=1S/C18H22N2O3/c1-13-10-17(18(21)23-12-16-7-5-9-22-16)14(2)20(13)11-15-6-3-4-8-19-15/h3-4,6,8,10,16H,5,7,9,11-12H2,1-2H3. The number of ether oxygens (including phenoxy) is 2. The van der Waals surface area contributed by atoms with Gasteiger partial charge in [-0.15, -0.1) is 0 Å². The molecule has 3 rings (SSSR count). The molecule has 5 nitrogen and oxygen atoms in total. The second-order valence-electron chi connectivity index (χ2n) is 5.93. The van der Waals surface area contributed by atoms with Gasteiger partial charge in [-0.3, -0.25) is 4.98 Å². The predicted octanol–water partition coefficient (Wildman–Crippen LogP) is 2.88. The molecular weight excluding hydrogens is 292 g/mol. The van der Waals surface area contributed by atoms with Crippen LogP contribution < -0.4 is 0 Å². The smallest absolute Gasteiger partial charge is 0.340 e. The second-order valence-corrected chi connectivity index (χ2v) is 5.93. The molecule has 0 amide bonds. The van der Waals surface area contributed by atoms with E-state index in [2.05, 4.69) is 9.55 Å². The van der Waals surface area contributed by atoms with Crippen molar-refractivity contribution in [1.29, 1.82) is 0 Å². The van der Waals surface area contributed by atoms with Crippen LogP contribution in [0.4, 0.5) is 0 Å². The summed E-state index contributed by atoms with van der Waals surface area (Å²) in [7, 11) is 0. The SMILES string of the molecule is Cc1cc(C(=O)OCC2CCCO2)c(C)n1Cc1ccccn1. The molecule has 1 aliphatic rings. The minimum absolute atomic E-state index is 0.0518. The third-order valence-electron chi connectivity index (χ3n) is 4.26. The van der Waals surface area contributed by atoms with Gasteiger partial charge in [0.15, 0.2) is 0 Å². The van der Waals surface area contributed by atoms with E-state index in [-0.39, 0.29) is 12.1 Å². The number of aryl methyl sites for hydroxylation is 1. The molecule has 0 bridgehead atoms. The summed E-state index contributed by atoms with van der Waals surface area (Å²) in [4.78, 5) is 16.7. The Hall–Kier alpha value is -2.14. The van der Waals surface area contributed by atoms with Crippen molar-refractivity contribution in [1.82, 2.24) is 9.55 Å². The van der Waals surface area contributed by atoms with Crippen LogP contribution in [0.15, 0.2) is 30.5 Å². The first-order valence-corrected chi connectivity index (χ1v) is 8.00. The van der Waals surface area contributed by atoms with E-state index in [9.17, 15) is 4.79 Å². The molecule has 1 aliphatic heterocycles. The van der Waals surface area contributed by atoms with Crippen molar-refractivity contribution < 1.29 is 14.3 Å². The zero-order chi connectivity index (χ0) is 16.2. The molecule has 0 spiro atoms. The lowest BCUT2D eigenvalue weighted by Gasteiger charge is -2.11. The number of carbonyl (C=O) groups excluding carboxylic acids is 1. The van der Waals surface area contributed by atoms with Crippen LogP contribution in [0.5, 0.6) is 0 Å². The Labute approximate surface area is 136 Å². The average Bonchev–Trinajstić information content (AvgIpc) is 3.17. The number of hydrogen-bond donors (Lipinski definition) is 0. The van der Waals surface area contributed by atoms with Crippen molar-refractivity contribution in [3.8, 4) is 0 Å². The Morgan fingerprint density at radius 1 is 1.43 bits per heavy atom. The van der Waals surface area contributed by atoms with E-state index in [0.29, 0.717) is 18.7 Å². The van der Waals surface area contributed by atoms with E-state index in [4.69, 9.17) is 9.47 Å². The summed E-state index contributed by atoms with van der Waals surface area (Å²) in [6, 6.07) is 7.73. The van der Waals surface area contributed by atoms with Crippen molar-refractivity contribution in [3.05, 3.63) is 53.1 Å². The monoisotopic (exact) mass is 314 g/mol. The maximum Gasteiger partial charge on any atom is 0.340 e. The quantitative estimate of drug-likeness (QED) is 0.796. The fourth-order valence-electron chi connectivity index (χ4n) is 2.93. The van der Waals surface area contributed by atoms with Crippen LogP contribution in [0.25, 0.3) is 0 Å². The highest BCUT2D eigenvalue weighted by Gasteiger charge is 2.21. The Bertz CT molecular complexity index is 673. The largest absolute Gasteiger partial charge is 0.459 e. The van der Waals surface area contributed by atoms with Gasteiger partial charge in [0.1, 0.15) is 6.61 Å². The summed E-state index contributed by atoms with van der Waals surface area (Å²) < 4.78 is 13.0. The maximum atomic E-state index is 12.3. The molecule has 2 aromatic rings. The van der Waals surface area contributed by atoms with Gasteiger partial charge < -0.3 is 14.0 Å². The van der Waals surface area contributed by atoms with Gasteiger partial charge in [-0.1, -0.05) is 6.07 Å². The van der Waals surface area contributed by atoms with Gasteiger partial charge in [0.25, 0.3) is 0 Å². The lowest BCUT2D eigenvalue weighted by Crippen LogP contribution is -2.18. The molecule has 1 fully saturated rings. The number of rotatable bonds is 5. The number of pyridine rings is 1. The fraction of sp³-hybridized carbons (Fsp3) is 0.444. The number of nitrogens with zero attached hydrogens (tertiary/aromatic N) is 2. The molecule has 2 aromatic heterocycles. The van der Waals surface area contributed by atoms with E-state index in [1.54, 1.807) is 6.20 Å². The van der Waals surface area contributed by atoms with Crippen LogP contribution in [0.1, 0.15) is 40.3 Å². The van der Waals surface area contributed by atoms with Gasteiger partial charge in [-0.05, 0) is 44.9 Å². The molecule has 0 N–H and O–H groups in total. The number of carbonyl (C=O) groups is 1. The molecule has 1 saturated heterocycles. The zero-order valence-corrected chi connectivity index (χ0v) is 13.6. The highest BCUT2D eigenvalue weighted by Crippen LogP contribution is 2.19. The highest BCUT2D eigenvalue weighted by molar-refractivity contribution is 5.91. The van der Waals surface area contributed by atoms with E-state index in [1.165, 1.54) is 0 Å². The fourth-order valence-corrected chi connectivity index (χ4v) is 2.93. The van der Waals surface area contributed by atoms with Crippen LogP contribution in [-0.2, 0) is 16.0 Å². The molecule has 0 radical (unpaired) electrons. The molecule has 122 valence electrons. The summed E-state index contributed by atoms with van der Waals surface area (Å²) in [5, 5.41) is 0. The minimum Gasteiger partial charge on any atom is -0.459 e. The van der Waals surface area contributed by atoms with Crippen LogP contribution >= 0.6 is 0 Å². The van der Waals surface area contributed by atoms with E-state index in [1.807, 2.05) is 38.1 Å². The molecule has 1 atom stereocenters. The van der Waals surface area contributed by atoms with Crippen LogP contribution in [-0.4, -0.2) is 34.8 Å². The van der Waals surface area contributed by atoms with Gasteiger partial charge in [0.05, 0.1) is 23.9 Å². The van der Waals surface area contributed by atoms with Gasteiger partial charge in [-0.25, -0.2) is 4.79 Å². The van der Waals surface area contributed by atoms with Gasteiger partial charge in [0.2, 0.25) is 0 Å². The van der Waals surface area contributed by atoms with Crippen molar-refractivity contribution in [2.24, 2.45) is 0 Å². The van der Waals surface area contributed by atoms with Crippen LogP contribution in [0.2, 0.25) is 0 Å². The Morgan fingerprint density at radius 2 is 2.30 bits per heavy atom. The minimum atomic E-state index is -0.277. The van der Waals surface area contributed by atoms with Crippen molar-refractivity contribution in [3.63, 3.8) is 0 Å². The lowest BCUT2D eigenvalue weighted by molar-refractivity contribution is 0.0160. The summed E-state index contributed by atoms with van der Waals surface area (Å²) in [6.45, 7) is 5.69. The second kappa shape index (κ2) is 6.96. The first-order chi connectivity index (χ1) is 11.1. The predicted molar refractivity (Wildman–Crippen MR) is 86.5 cm³/mol. The summed E-state index contributed by atoms with van der Waals surface area (Å²) in [5.74, 6) is -0.277. The molecule has 1 unspecified atom stereocenters. The molecule has 5 heteroatoms. The molecule has 0 aromatic carbocycles. The molecular formula is C18H22N2O3. The highest BCUT2D eigenvalue weighted by atomic mass is 16.6. The normalized spacial score (nSPS) is 17.4. The first-order valence-electron chi connectivity index (χ1n) is 8.00. The van der Waals surface area contributed by atoms with E-state index < -0.39 is 0 Å². The summed E-state index contributed by atoms with van der Waals surface area (Å²) in [6.07, 6.45) is 3.84. The van der Waals surface area contributed by atoms with Gasteiger partial charge in [0, 0.05) is 24.2 Å². The zero-order valence-electron chi connectivity index (χ0n) is 13.6. The van der Waals surface area contributed by atoms with E-state index in [0.717, 1.165) is 36.5 Å². The molecule has 0 saturated carbocycles. The molecule has 3 heterocycles. The van der Waals surface area contributed by atoms with Crippen molar-refractivity contribution in [2.75, 3.05) is 13.2 Å². The number of hydrogen-bond acceptors (Lipinski definition) is 4. The number of aromatic nitrogens is 2. The van der Waals surface area contributed by atoms with Crippen molar-refractivity contribution in [2.45, 2.75) is 39.3 Å². The lowest BCUT2D eigenvalue weighted by atomic mass is 10.2. The van der Waals surface area contributed by atoms with Gasteiger partial charge >= 0.3 is 5.97 Å². The Morgan fingerprint density at radius 3 is 3.00 bits per heavy atom. The van der Waals surface area contributed by atoms with Crippen molar-refractivity contribution >= 4 is 5.97 Å². The van der Waals surface area contributed by atoms with E-state index >= 15 is 0 Å². The molecule has 23 heavy (non-hydrogen) atoms. The third-order valence-corrected chi connectivity index (χ3v) is 4.26. The third kappa shape index (κ3) is 3.62. The van der Waals surface area contributed by atoms with Gasteiger partial charge in [-0.2, -0.15) is 0 Å². The topological polar surface area (TPSA) is 53.4 Å². The summed E-state index contributed by atoms with van der Waals surface area (Å²) >= 11 is 0. The molecule has 0 aliphatic carbocycles. The van der Waals surface area contributed by atoms with Crippen LogP contribution in [0, 0.1) is 13.8 Å². The Kier molecular flexibility index (Phi) is 4.76. The average molecular weight is 314 g/mol. The Balaban J connectivity index is 1.70.